The fourth-order valence-corrected chi connectivity index (χ4v) is 2.48. The number of carbonyl (C=O) groups is 2. The van der Waals surface area contributed by atoms with Crippen molar-refractivity contribution in [3.63, 3.8) is 0 Å². The molecule has 0 fully saturated rings. The van der Waals surface area contributed by atoms with Crippen LogP contribution in [-0.2, 0) is 9.53 Å². The summed E-state index contributed by atoms with van der Waals surface area (Å²) in [5.41, 5.74) is 6.78. The molecule has 140 valence electrons. The number of nitrogens with zero attached hydrogens (tertiary/aromatic N) is 2. The van der Waals surface area contributed by atoms with Gasteiger partial charge in [-0.3, -0.25) is 4.79 Å². The van der Waals surface area contributed by atoms with Gasteiger partial charge in [0.15, 0.2) is 6.61 Å². The Morgan fingerprint density at radius 3 is 2.67 bits per heavy atom. The van der Waals surface area contributed by atoms with Crippen LogP contribution in [0.5, 0.6) is 0 Å². The maximum atomic E-state index is 13.1. The van der Waals surface area contributed by atoms with E-state index in [4.69, 9.17) is 27.3 Å². The van der Waals surface area contributed by atoms with Crippen molar-refractivity contribution in [3.05, 3.63) is 58.4 Å². The first-order chi connectivity index (χ1) is 12.8. The molecule has 0 aliphatic carbocycles. The van der Waals surface area contributed by atoms with Crippen LogP contribution in [0.1, 0.15) is 22.3 Å². The number of benzene rings is 2. The summed E-state index contributed by atoms with van der Waals surface area (Å²) in [5.74, 6) is -1.93. The summed E-state index contributed by atoms with van der Waals surface area (Å²) < 4.78 is 18.1. The van der Waals surface area contributed by atoms with Crippen LogP contribution in [0, 0.1) is 24.1 Å². The molecule has 0 spiro atoms. The number of aryl methyl sites for hydroxylation is 1. The lowest BCUT2D eigenvalue weighted by Crippen LogP contribution is -2.35. The number of hydrogen-bond donors (Lipinski definition) is 1. The molecule has 27 heavy (non-hydrogen) atoms. The number of nitrogen functional groups attached to an aromatic ring is 1. The van der Waals surface area contributed by atoms with Crippen LogP contribution in [0.4, 0.5) is 15.8 Å². The van der Waals surface area contributed by atoms with Gasteiger partial charge in [-0.1, -0.05) is 11.6 Å². The average Bonchev–Trinajstić information content (AvgIpc) is 2.62. The third kappa shape index (κ3) is 5.19. The number of rotatable bonds is 6. The fourth-order valence-electron chi connectivity index (χ4n) is 2.36. The Morgan fingerprint density at radius 1 is 1.30 bits per heavy atom. The van der Waals surface area contributed by atoms with E-state index in [2.05, 4.69) is 0 Å². The predicted octanol–water partition coefficient (Wildman–Crippen LogP) is 3.47. The minimum atomic E-state index is -0.839. The highest BCUT2D eigenvalue weighted by atomic mass is 35.5. The average molecular weight is 390 g/mol. The number of nitrogens with two attached hydrogens (primary N) is 1. The normalized spacial score (nSPS) is 10.1. The van der Waals surface area contributed by atoms with Gasteiger partial charge in [-0.25, -0.2) is 9.18 Å². The maximum absolute atomic E-state index is 13.1. The van der Waals surface area contributed by atoms with Crippen LogP contribution >= 0.6 is 11.6 Å². The standard InChI is InChI=1S/C19H17ClFN3O3/c1-12-9-14(4-6-16(12)20)24(8-2-7-22)18(25)11-27-19(26)15-5-3-13(21)10-17(15)23/h3-6,9-10H,2,8,11,23H2,1H3. The minimum absolute atomic E-state index is 0.0323. The highest BCUT2D eigenvalue weighted by Gasteiger charge is 2.19. The van der Waals surface area contributed by atoms with Gasteiger partial charge in [-0.15, -0.1) is 0 Å². The summed E-state index contributed by atoms with van der Waals surface area (Å²) >= 11 is 6.00. The molecular formula is C19H17ClFN3O3. The van der Waals surface area contributed by atoms with Crippen molar-refractivity contribution < 1.29 is 18.7 Å². The summed E-state index contributed by atoms with van der Waals surface area (Å²) in [6.07, 6.45) is 0.103. The highest BCUT2D eigenvalue weighted by molar-refractivity contribution is 6.31. The van der Waals surface area contributed by atoms with Crippen molar-refractivity contribution in [1.82, 2.24) is 0 Å². The molecule has 8 heteroatoms. The molecule has 0 atom stereocenters. The third-order valence-corrected chi connectivity index (χ3v) is 4.19. The van der Waals surface area contributed by atoms with Crippen LogP contribution in [0.2, 0.25) is 5.02 Å². The summed E-state index contributed by atoms with van der Waals surface area (Å²) in [6.45, 7) is 1.37. The van der Waals surface area contributed by atoms with E-state index >= 15 is 0 Å². The topological polar surface area (TPSA) is 96.4 Å². The molecule has 2 aromatic rings. The first-order valence-corrected chi connectivity index (χ1v) is 8.37. The molecule has 0 bridgehead atoms. The predicted molar refractivity (Wildman–Crippen MR) is 99.9 cm³/mol. The van der Waals surface area contributed by atoms with Gasteiger partial charge in [-0.05, 0) is 48.9 Å². The van der Waals surface area contributed by atoms with Crippen molar-refractivity contribution in [3.8, 4) is 6.07 Å². The zero-order valence-electron chi connectivity index (χ0n) is 14.5. The monoisotopic (exact) mass is 389 g/mol. The van der Waals surface area contributed by atoms with Crippen molar-refractivity contribution in [2.45, 2.75) is 13.3 Å². The lowest BCUT2D eigenvalue weighted by molar-refractivity contribution is -0.121. The molecule has 0 radical (unpaired) electrons. The van der Waals surface area contributed by atoms with E-state index in [0.29, 0.717) is 10.7 Å². The Bertz CT molecular complexity index is 912. The summed E-state index contributed by atoms with van der Waals surface area (Å²) in [4.78, 5) is 26.0. The molecule has 1 amide bonds. The molecule has 0 aromatic heterocycles. The summed E-state index contributed by atoms with van der Waals surface area (Å²) in [6, 6.07) is 10.2. The van der Waals surface area contributed by atoms with E-state index in [1.165, 1.54) is 11.0 Å². The number of carbonyl (C=O) groups excluding carboxylic acids is 2. The molecule has 0 heterocycles. The van der Waals surface area contributed by atoms with Gasteiger partial charge in [0.1, 0.15) is 5.82 Å². The Morgan fingerprint density at radius 2 is 2.04 bits per heavy atom. The molecule has 0 saturated heterocycles. The van der Waals surface area contributed by atoms with Crippen molar-refractivity contribution in [2.24, 2.45) is 0 Å². The molecule has 2 aromatic carbocycles. The second-order valence-corrected chi connectivity index (χ2v) is 6.10. The van der Waals surface area contributed by atoms with Gasteiger partial charge in [0.05, 0.1) is 18.1 Å². The number of anilines is 2. The molecule has 0 saturated carbocycles. The van der Waals surface area contributed by atoms with Crippen LogP contribution in [0.15, 0.2) is 36.4 Å². The van der Waals surface area contributed by atoms with E-state index in [1.54, 1.807) is 25.1 Å². The van der Waals surface area contributed by atoms with E-state index in [0.717, 1.165) is 17.7 Å². The van der Waals surface area contributed by atoms with Crippen molar-refractivity contribution >= 4 is 34.9 Å². The quantitative estimate of drug-likeness (QED) is 0.602. The first-order valence-electron chi connectivity index (χ1n) is 7.99. The van der Waals surface area contributed by atoms with Gasteiger partial charge in [0.2, 0.25) is 0 Å². The lowest BCUT2D eigenvalue weighted by atomic mass is 10.2. The number of esters is 1. The zero-order chi connectivity index (χ0) is 20.0. The molecule has 0 aliphatic heterocycles. The van der Waals surface area contributed by atoms with Crippen molar-refractivity contribution in [1.29, 1.82) is 5.26 Å². The van der Waals surface area contributed by atoms with Gasteiger partial charge in [0, 0.05) is 22.9 Å². The SMILES string of the molecule is Cc1cc(N(CCC#N)C(=O)COC(=O)c2ccc(F)cc2N)ccc1Cl. The van der Waals surface area contributed by atoms with Gasteiger partial charge in [0.25, 0.3) is 5.91 Å². The summed E-state index contributed by atoms with van der Waals surface area (Å²) in [7, 11) is 0. The number of hydrogen-bond acceptors (Lipinski definition) is 5. The van der Waals surface area contributed by atoms with Gasteiger partial charge < -0.3 is 15.4 Å². The Kier molecular flexibility index (Phi) is 6.74. The second kappa shape index (κ2) is 9.01. The molecule has 0 aliphatic rings. The molecular weight excluding hydrogens is 373 g/mol. The van der Waals surface area contributed by atoms with Crippen molar-refractivity contribution in [2.75, 3.05) is 23.8 Å². The van der Waals surface area contributed by atoms with E-state index in [-0.39, 0.29) is 24.2 Å². The Balaban J connectivity index is 2.12. The Labute approximate surface area is 160 Å². The number of ether oxygens (including phenoxy) is 1. The number of halogens is 2. The van der Waals surface area contributed by atoms with Crippen LogP contribution in [0.3, 0.4) is 0 Å². The van der Waals surface area contributed by atoms with Crippen LogP contribution in [0.25, 0.3) is 0 Å². The molecule has 2 rings (SSSR count). The fraction of sp³-hybridized carbons (Fsp3) is 0.211. The second-order valence-electron chi connectivity index (χ2n) is 5.69. The van der Waals surface area contributed by atoms with Crippen LogP contribution in [-0.4, -0.2) is 25.0 Å². The van der Waals surface area contributed by atoms with E-state index in [9.17, 15) is 14.0 Å². The van der Waals surface area contributed by atoms with E-state index in [1.807, 2.05) is 6.07 Å². The number of nitriles is 1. The molecule has 0 unspecified atom stereocenters. The molecule has 6 nitrogen and oxygen atoms in total. The molecule has 2 N–H and O–H groups in total. The first kappa shape index (κ1) is 20.2. The zero-order valence-corrected chi connectivity index (χ0v) is 15.3. The number of amides is 1. The largest absolute Gasteiger partial charge is 0.452 e. The maximum Gasteiger partial charge on any atom is 0.340 e. The summed E-state index contributed by atoms with van der Waals surface area (Å²) in [5, 5.41) is 9.37. The van der Waals surface area contributed by atoms with Gasteiger partial charge >= 0.3 is 5.97 Å². The lowest BCUT2D eigenvalue weighted by Gasteiger charge is -2.22. The smallest absolute Gasteiger partial charge is 0.340 e. The Hall–Kier alpha value is -3.11. The minimum Gasteiger partial charge on any atom is -0.452 e. The highest BCUT2D eigenvalue weighted by Crippen LogP contribution is 2.23. The third-order valence-electron chi connectivity index (χ3n) is 3.76. The van der Waals surface area contributed by atoms with Gasteiger partial charge in [-0.2, -0.15) is 5.26 Å². The van der Waals surface area contributed by atoms with Crippen LogP contribution < -0.4 is 10.6 Å². The van der Waals surface area contributed by atoms with E-state index < -0.39 is 24.3 Å².